The quantitative estimate of drug-likeness (QED) is 0.732. The predicted molar refractivity (Wildman–Crippen MR) is 94.4 cm³/mol. The van der Waals surface area contributed by atoms with Gasteiger partial charge in [0.15, 0.2) is 0 Å². The molecule has 0 fully saturated rings. The Balaban J connectivity index is 1.52. The summed E-state index contributed by atoms with van der Waals surface area (Å²) in [5, 5.41) is 0.191. The van der Waals surface area contributed by atoms with Crippen molar-refractivity contribution in [3.8, 4) is 11.5 Å². The molecule has 2 aromatic rings. The van der Waals surface area contributed by atoms with E-state index in [1.807, 2.05) is 18.2 Å². The molecule has 1 heterocycles. The molecule has 4 nitrogen and oxygen atoms in total. The number of ether oxygens (including phenoxy) is 3. The Labute approximate surface area is 155 Å². The summed E-state index contributed by atoms with van der Waals surface area (Å²) in [6.45, 7) is 0.453. The minimum absolute atomic E-state index is 0.000452. The van der Waals surface area contributed by atoms with Crippen molar-refractivity contribution >= 4 is 17.6 Å². The van der Waals surface area contributed by atoms with E-state index >= 15 is 0 Å². The Morgan fingerprint density at radius 3 is 2.92 bits per heavy atom. The molecule has 6 heteroatoms. The normalized spacial score (nSPS) is 20.3. The lowest BCUT2D eigenvalue weighted by molar-refractivity contribution is -0.141. The molecule has 1 aliphatic heterocycles. The van der Waals surface area contributed by atoms with Crippen LogP contribution in [0.1, 0.15) is 41.6 Å². The highest BCUT2D eigenvalue weighted by atomic mass is 35.5. The fraction of sp³-hybridized carbons (Fsp3) is 0.350. The van der Waals surface area contributed by atoms with Gasteiger partial charge in [0.25, 0.3) is 0 Å². The summed E-state index contributed by atoms with van der Waals surface area (Å²) in [6, 6.07) is 8.77. The highest BCUT2D eigenvalue weighted by Gasteiger charge is 2.30. The molecule has 0 aromatic heterocycles. The van der Waals surface area contributed by atoms with Gasteiger partial charge in [-0.05, 0) is 36.1 Å². The molecule has 0 spiro atoms. The molecule has 2 atom stereocenters. The Morgan fingerprint density at radius 2 is 2.12 bits per heavy atom. The van der Waals surface area contributed by atoms with Gasteiger partial charge in [0.2, 0.25) is 0 Å². The fourth-order valence-corrected chi connectivity index (χ4v) is 3.93. The van der Waals surface area contributed by atoms with Crippen molar-refractivity contribution in [3.05, 3.63) is 57.9 Å². The van der Waals surface area contributed by atoms with Crippen LogP contribution in [0.5, 0.6) is 11.5 Å². The van der Waals surface area contributed by atoms with Gasteiger partial charge in [-0.2, -0.15) is 0 Å². The second-order valence-electron chi connectivity index (χ2n) is 6.56. The van der Waals surface area contributed by atoms with Gasteiger partial charge >= 0.3 is 5.97 Å². The topological polar surface area (TPSA) is 44.8 Å². The van der Waals surface area contributed by atoms with Crippen LogP contribution in [-0.2, 0) is 16.0 Å². The maximum Gasteiger partial charge on any atom is 0.306 e. The molecule has 1 unspecified atom stereocenters. The minimum atomic E-state index is -0.395. The molecular formula is C20H18ClFO4. The lowest BCUT2D eigenvalue weighted by Crippen LogP contribution is -2.09. The number of carbonyl (C=O) groups is 1. The lowest BCUT2D eigenvalue weighted by Gasteiger charge is -2.16. The molecule has 0 radical (unpaired) electrons. The Morgan fingerprint density at radius 1 is 1.31 bits per heavy atom. The van der Waals surface area contributed by atoms with Gasteiger partial charge in [0.05, 0.1) is 25.2 Å². The fourth-order valence-electron chi connectivity index (χ4n) is 3.66. The summed E-state index contributed by atoms with van der Waals surface area (Å²) in [4.78, 5) is 11.5. The van der Waals surface area contributed by atoms with Gasteiger partial charge in [0, 0.05) is 17.5 Å². The first-order valence-corrected chi connectivity index (χ1v) is 8.91. The van der Waals surface area contributed by atoms with Gasteiger partial charge in [0.1, 0.15) is 23.4 Å². The van der Waals surface area contributed by atoms with Gasteiger partial charge in [-0.3, -0.25) is 4.79 Å². The molecule has 0 saturated carbocycles. The summed E-state index contributed by atoms with van der Waals surface area (Å²) in [6.07, 6.45) is 1.58. The second-order valence-corrected chi connectivity index (χ2v) is 6.94. The molecule has 2 aliphatic rings. The first-order valence-electron chi connectivity index (χ1n) is 8.54. The van der Waals surface area contributed by atoms with Crippen molar-refractivity contribution in [1.29, 1.82) is 0 Å². The van der Waals surface area contributed by atoms with Crippen molar-refractivity contribution in [2.45, 2.75) is 31.3 Å². The van der Waals surface area contributed by atoms with Crippen molar-refractivity contribution < 1.29 is 23.4 Å². The molecule has 1 aliphatic carbocycles. The number of hydrogen-bond donors (Lipinski definition) is 0. The van der Waals surface area contributed by atoms with Crippen LogP contribution in [0.25, 0.3) is 0 Å². The average molecular weight is 377 g/mol. The number of hydrogen-bond acceptors (Lipinski definition) is 4. The molecule has 4 rings (SSSR count). The van der Waals surface area contributed by atoms with Gasteiger partial charge in [-0.25, -0.2) is 4.39 Å². The Hall–Kier alpha value is -2.27. The summed E-state index contributed by atoms with van der Waals surface area (Å²) < 4.78 is 30.2. The zero-order chi connectivity index (χ0) is 18.3. The van der Waals surface area contributed by atoms with Gasteiger partial charge in [-0.1, -0.05) is 23.7 Å². The van der Waals surface area contributed by atoms with Crippen molar-refractivity contribution in [3.63, 3.8) is 0 Å². The maximum absolute atomic E-state index is 13.6. The first-order chi connectivity index (χ1) is 12.6. The van der Waals surface area contributed by atoms with Crippen LogP contribution in [0.3, 0.4) is 0 Å². The van der Waals surface area contributed by atoms with E-state index in [-0.39, 0.29) is 23.0 Å². The highest BCUT2D eigenvalue weighted by molar-refractivity contribution is 6.31. The molecule has 0 bridgehead atoms. The molecule has 0 amide bonds. The van der Waals surface area contributed by atoms with Crippen LogP contribution in [-0.4, -0.2) is 19.7 Å². The third-order valence-electron chi connectivity index (χ3n) is 5.02. The van der Waals surface area contributed by atoms with E-state index in [0.717, 1.165) is 28.9 Å². The lowest BCUT2D eigenvalue weighted by atomic mass is 9.98. The monoisotopic (exact) mass is 376 g/mol. The van der Waals surface area contributed by atoms with Crippen LogP contribution in [0.15, 0.2) is 30.3 Å². The Kier molecular flexibility index (Phi) is 4.49. The number of esters is 1. The van der Waals surface area contributed by atoms with Crippen LogP contribution in [0.2, 0.25) is 5.02 Å². The zero-order valence-corrected chi connectivity index (χ0v) is 15.0. The summed E-state index contributed by atoms with van der Waals surface area (Å²) >= 11 is 6.06. The van der Waals surface area contributed by atoms with Crippen LogP contribution < -0.4 is 9.47 Å². The van der Waals surface area contributed by atoms with E-state index in [9.17, 15) is 9.18 Å². The van der Waals surface area contributed by atoms with E-state index in [0.29, 0.717) is 25.2 Å². The van der Waals surface area contributed by atoms with Gasteiger partial charge in [-0.15, -0.1) is 0 Å². The van der Waals surface area contributed by atoms with Crippen molar-refractivity contribution in [1.82, 2.24) is 0 Å². The molecule has 26 heavy (non-hydrogen) atoms. The first kappa shape index (κ1) is 17.2. The van der Waals surface area contributed by atoms with Crippen molar-refractivity contribution in [2.24, 2.45) is 0 Å². The second kappa shape index (κ2) is 6.80. The summed E-state index contributed by atoms with van der Waals surface area (Å²) in [5.74, 6) is 0.764. The molecule has 0 N–H and O–H groups in total. The maximum atomic E-state index is 13.6. The van der Waals surface area contributed by atoms with Crippen LogP contribution >= 0.6 is 11.6 Å². The van der Waals surface area contributed by atoms with Crippen LogP contribution in [0.4, 0.5) is 4.39 Å². The number of rotatable bonds is 4. The molecule has 136 valence electrons. The number of methoxy groups -OCH3 is 1. The largest absolute Gasteiger partial charge is 0.492 e. The third kappa shape index (κ3) is 3.01. The molecule has 2 aromatic carbocycles. The number of benzene rings is 2. The van der Waals surface area contributed by atoms with Gasteiger partial charge < -0.3 is 14.2 Å². The Bertz CT molecular complexity index is 867. The smallest absolute Gasteiger partial charge is 0.306 e. The highest BCUT2D eigenvalue weighted by Crippen LogP contribution is 2.42. The zero-order valence-electron chi connectivity index (χ0n) is 14.3. The third-order valence-corrected chi connectivity index (χ3v) is 5.43. The SMILES string of the molecule is COC(=O)CC1COc2cc(O[C@@H]3CCc4c3ccc(F)c4Cl)ccc21. The predicted octanol–water partition coefficient (Wildman–Crippen LogP) is 4.58. The number of fused-ring (bicyclic) bond motifs is 2. The van der Waals surface area contributed by atoms with E-state index in [4.69, 9.17) is 25.8 Å². The van der Waals surface area contributed by atoms with E-state index in [1.54, 1.807) is 6.07 Å². The number of halogens is 2. The van der Waals surface area contributed by atoms with E-state index in [2.05, 4.69) is 0 Å². The molecular weight excluding hydrogens is 359 g/mol. The summed E-state index contributed by atoms with van der Waals surface area (Å²) in [5.41, 5.74) is 2.74. The standard InChI is InChI=1S/C20H18ClFO4/c1-24-19(23)8-11-10-25-18-9-12(2-3-13(11)18)26-17-7-5-15-14(17)4-6-16(22)20(15)21/h2-4,6,9,11,17H,5,7-8,10H2,1H3/t11?,17-/m1/s1. The van der Waals surface area contributed by atoms with E-state index in [1.165, 1.54) is 13.2 Å². The number of carbonyl (C=O) groups excluding carboxylic acids is 1. The minimum Gasteiger partial charge on any atom is -0.492 e. The average Bonchev–Trinajstić information content (AvgIpc) is 3.23. The molecule has 0 saturated heterocycles. The van der Waals surface area contributed by atoms with Crippen molar-refractivity contribution in [2.75, 3.05) is 13.7 Å². The summed E-state index contributed by atoms with van der Waals surface area (Å²) in [7, 11) is 1.38. The van der Waals surface area contributed by atoms with Crippen LogP contribution in [0, 0.1) is 5.82 Å². The van der Waals surface area contributed by atoms with E-state index < -0.39 is 5.82 Å².